The molecule has 3 heteroatoms. The molecule has 0 saturated heterocycles. The number of hydrogen-bond acceptors (Lipinski definition) is 1. The number of rotatable bonds is 5. The average Bonchev–Trinajstić information content (AvgIpc) is 2.45. The first-order chi connectivity index (χ1) is 10.0. The lowest BCUT2D eigenvalue weighted by Gasteiger charge is -2.24. The highest BCUT2D eigenvalue weighted by molar-refractivity contribution is 9.10. The predicted octanol–water partition coefficient (Wildman–Crippen LogP) is 5.29. The SMILES string of the molecule is CCCNC(c1ccc(F)c(Br)c1)c1c(C)cccc1C. The summed E-state index contributed by atoms with van der Waals surface area (Å²) in [5.74, 6) is -0.227. The highest BCUT2D eigenvalue weighted by atomic mass is 79.9. The van der Waals surface area contributed by atoms with E-state index >= 15 is 0 Å². The molecule has 1 nitrogen and oxygen atoms in total. The van der Waals surface area contributed by atoms with E-state index in [0.717, 1.165) is 18.5 Å². The Labute approximate surface area is 134 Å². The van der Waals surface area contributed by atoms with Crippen LogP contribution in [0.2, 0.25) is 0 Å². The Morgan fingerprint density at radius 2 is 1.81 bits per heavy atom. The molecule has 112 valence electrons. The molecule has 0 radical (unpaired) electrons. The fourth-order valence-corrected chi connectivity index (χ4v) is 3.05. The van der Waals surface area contributed by atoms with Crippen molar-refractivity contribution in [1.29, 1.82) is 0 Å². The first-order valence-corrected chi connectivity index (χ1v) is 8.08. The minimum atomic E-state index is -0.227. The largest absolute Gasteiger partial charge is 0.306 e. The number of hydrogen-bond donors (Lipinski definition) is 1. The van der Waals surface area contributed by atoms with Crippen LogP contribution in [0.15, 0.2) is 40.9 Å². The second kappa shape index (κ2) is 7.19. The number of benzene rings is 2. The molecule has 1 N–H and O–H groups in total. The summed E-state index contributed by atoms with van der Waals surface area (Å²) >= 11 is 3.29. The van der Waals surface area contributed by atoms with Crippen LogP contribution in [0.4, 0.5) is 4.39 Å². The summed E-state index contributed by atoms with van der Waals surface area (Å²) in [5, 5.41) is 3.59. The van der Waals surface area contributed by atoms with Crippen molar-refractivity contribution >= 4 is 15.9 Å². The summed E-state index contributed by atoms with van der Waals surface area (Å²) in [4.78, 5) is 0. The standard InChI is InChI=1S/C18H21BrFN/c1-4-10-21-18(14-8-9-16(20)15(19)11-14)17-12(2)6-5-7-13(17)3/h5-9,11,18,21H,4,10H2,1-3H3. The van der Waals surface area contributed by atoms with Crippen molar-refractivity contribution in [2.75, 3.05) is 6.54 Å². The molecule has 0 aromatic heterocycles. The average molecular weight is 350 g/mol. The fraction of sp³-hybridized carbons (Fsp3) is 0.333. The molecule has 0 aliphatic heterocycles. The van der Waals surface area contributed by atoms with Gasteiger partial charge in [0.05, 0.1) is 10.5 Å². The van der Waals surface area contributed by atoms with E-state index in [1.165, 1.54) is 22.8 Å². The van der Waals surface area contributed by atoms with Gasteiger partial charge in [-0.05, 0) is 77.1 Å². The summed E-state index contributed by atoms with van der Waals surface area (Å²) < 4.78 is 14.0. The van der Waals surface area contributed by atoms with Gasteiger partial charge in [0.15, 0.2) is 0 Å². The Morgan fingerprint density at radius 1 is 1.14 bits per heavy atom. The van der Waals surface area contributed by atoms with E-state index in [-0.39, 0.29) is 11.9 Å². The Morgan fingerprint density at radius 3 is 2.38 bits per heavy atom. The Kier molecular flexibility index (Phi) is 5.54. The maximum absolute atomic E-state index is 13.5. The molecular formula is C18H21BrFN. The quantitative estimate of drug-likeness (QED) is 0.772. The van der Waals surface area contributed by atoms with Gasteiger partial charge in [-0.25, -0.2) is 4.39 Å². The molecule has 2 aromatic rings. The molecule has 21 heavy (non-hydrogen) atoms. The van der Waals surface area contributed by atoms with Gasteiger partial charge in [0.25, 0.3) is 0 Å². The van der Waals surface area contributed by atoms with E-state index in [0.29, 0.717) is 4.47 Å². The third-order valence-corrected chi connectivity index (χ3v) is 4.31. The Hall–Kier alpha value is -1.19. The van der Waals surface area contributed by atoms with Crippen molar-refractivity contribution < 1.29 is 4.39 Å². The Balaban J connectivity index is 2.49. The maximum atomic E-state index is 13.5. The van der Waals surface area contributed by atoms with Crippen LogP contribution < -0.4 is 5.32 Å². The first-order valence-electron chi connectivity index (χ1n) is 7.29. The van der Waals surface area contributed by atoms with E-state index in [9.17, 15) is 4.39 Å². The summed E-state index contributed by atoms with van der Waals surface area (Å²) in [5.41, 5.74) is 4.87. The lowest BCUT2D eigenvalue weighted by molar-refractivity contribution is 0.587. The van der Waals surface area contributed by atoms with Gasteiger partial charge < -0.3 is 5.32 Å². The van der Waals surface area contributed by atoms with Crippen molar-refractivity contribution in [2.24, 2.45) is 0 Å². The lowest BCUT2D eigenvalue weighted by Crippen LogP contribution is -2.24. The fourth-order valence-electron chi connectivity index (χ4n) is 2.65. The molecular weight excluding hydrogens is 329 g/mol. The molecule has 0 saturated carbocycles. The molecule has 1 unspecified atom stereocenters. The van der Waals surface area contributed by atoms with E-state index in [1.54, 1.807) is 0 Å². The van der Waals surface area contributed by atoms with Crippen molar-refractivity contribution in [3.05, 3.63) is 68.9 Å². The second-order valence-corrected chi connectivity index (χ2v) is 6.22. The highest BCUT2D eigenvalue weighted by Crippen LogP contribution is 2.30. The van der Waals surface area contributed by atoms with Gasteiger partial charge in [0.1, 0.15) is 5.82 Å². The molecule has 0 spiro atoms. The lowest BCUT2D eigenvalue weighted by atomic mass is 9.91. The van der Waals surface area contributed by atoms with E-state index in [4.69, 9.17) is 0 Å². The molecule has 1 atom stereocenters. The van der Waals surface area contributed by atoms with Crippen LogP contribution >= 0.6 is 15.9 Å². The number of nitrogens with one attached hydrogen (secondary N) is 1. The Bertz CT molecular complexity index is 604. The molecule has 2 rings (SSSR count). The van der Waals surface area contributed by atoms with Gasteiger partial charge in [-0.3, -0.25) is 0 Å². The number of aryl methyl sites for hydroxylation is 2. The predicted molar refractivity (Wildman–Crippen MR) is 90.2 cm³/mol. The van der Waals surface area contributed by atoms with Crippen LogP contribution in [0.5, 0.6) is 0 Å². The first kappa shape index (κ1) is 16.2. The summed E-state index contributed by atoms with van der Waals surface area (Å²) in [6.45, 7) is 7.33. The third-order valence-electron chi connectivity index (χ3n) is 3.71. The second-order valence-electron chi connectivity index (χ2n) is 5.37. The van der Waals surface area contributed by atoms with E-state index < -0.39 is 0 Å². The van der Waals surface area contributed by atoms with Crippen LogP contribution in [-0.4, -0.2) is 6.54 Å². The van der Waals surface area contributed by atoms with Crippen molar-refractivity contribution in [1.82, 2.24) is 5.32 Å². The molecule has 0 heterocycles. The molecule has 0 amide bonds. The maximum Gasteiger partial charge on any atom is 0.137 e. The van der Waals surface area contributed by atoms with Crippen LogP contribution in [-0.2, 0) is 0 Å². The van der Waals surface area contributed by atoms with Crippen LogP contribution in [0.1, 0.15) is 41.6 Å². The zero-order chi connectivity index (χ0) is 15.4. The van der Waals surface area contributed by atoms with Crippen molar-refractivity contribution in [3.8, 4) is 0 Å². The van der Waals surface area contributed by atoms with Crippen LogP contribution in [0.3, 0.4) is 0 Å². The zero-order valence-corrected chi connectivity index (χ0v) is 14.3. The van der Waals surface area contributed by atoms with Gasteiger partial charge in [-0.1, -0.05) is 31.2 Å². The molecule has 0 fully saturated rings. The van der Waals surface area contributed by atoms with Crippen molar-refractivity contribution in [2.45, 2.75) is 33.2 Å². The normalized spacial score (nSPS) is 12.4. The summed E-state index contributed by atoms with van der Waals surface area (Å²) in [6.07, 6.45) is 1.06. The van der Waals surface area contributed by atoms with Gasteiger partial charge in [-0.2, -0.15) is 0 Å². The minimum Gasteiger partial charge on any atom is -0.306 e. The zero-order valence-electron chi connectivity index (χ0n) is 12.7. The number of halogens is 2. The molecule has 0 aliphatic carbocycles. The third kappa shape index (κ3) is 3.72. The van der Waals surface area contributed by atoms with E-state index in [2.05, 4.69) is 60.2 Å². The summed E-state index contributed by atoms with van der Waals surface area (Å²) in [6, 6.07) is 11.7. The van der Waals surface area contributed by atoms with E-state index in [1.807, 2.05) is 12.1 Å². The minimum absolute atomic E-state index is 0.0862. The topological polar surface area (TPSA) is 12.0 Å². The van der Waals surface area contributed by atoms with Gasteiger partial charge in [0.2, 0.25) is 0 Å². The molecule has 2 aromatic carbocycles. The monoisotopic (exact) mass is 349 g/mol. The van der Waals surface area contributed by atoms with Gasteiger partial charge >= 0.3 is 0 Å². The van der Waals surface area contributed by atoms with Crippen LogP contribution in [0.25, 0.3) is 0 Å². The van der Waals surface area contributed by atoms with Crippen LogP contribution in [0, 0.1) is 19.7 Å². The molecule has 0 aliphatic rings. The highest BCUT2D eigenvalue weighted by Gasteiger charge is 2.18. The smallest absolute Gasteiger partial charge is 0.137 e. The van der Waals surface area contributed by atoms with Gasteiger partial charge in [0, 0.05) is 0 Å². The van der Waals surface area contributed by atoms with Gasteiger partial charge in [-0.15, -0.1) is 0 Å². The summed E-state index contributed by atoms with van der Waals surface area (Å²) in [7, 11) is 0. The van der Waals surface area contributed by atoms with Crippen molar-refractivity contribution in [3.63, 3.8) is 0 Å². The molecule has 0 bridgehead atoms.